The van der Waals surface area contributed by atoms with E-state index in [1.54, 1.807) is 0 Å². The normalized spacial score (nSPS) is 13.3. The van der Waals surface area contributed by atoms with Crippen molar-refractivity contribution < 1.29 is 9.50 Å². The van der Waals surface area contributed by atoms with Crippen molar-refractivity contribution in [1.82, 2.24) is 0 Å². The standard InChI is InChI=1S/C11H14BrF.C11H15BrO/c2*1-8(2)7-11(13)9-3-5-10(12)6-4-9/h3-6,8,11H,7H2,1-2H3;3-6,8,11,13H,7H2,1-2H3. The molecular weight excluding hydrogens is 459 g/mol. The zero-order valence-electron chi connectivity index (χ0n) is 15.9. The number of halogens is 3. The van der Waals surface area contributed by atoms with Crippen molar-refractivity contribution in [1.29, 1.82) is 0 Å². The largest absolute Gasteiger partial charge is 0.388 e. The molecular formula is C22H29Br2FO. The van der Waals surface area contributed by atoms with Gasteiger partial charge in [0.05, 0.1) is 6.10 Å². The molecule has 0 aliphatic heterocycles. The van der Waals surface area contributed by atoms with Crippen LogP contribution in [0.5, 0.6) is 0 Å². The number of hydrogen-bond acceptors (Lipinski definition) is 1. The summed E-state index contributed by atoms with van der Waals surface area (Å²) in [6, 6.07) is 15.2. The summed E-state index contributed by atoms with van der Waals surface area (Å²) in [5, 5.41) is 9.77. The van der Waals surface area contributed by atoms with Gasteiger partial charge in [0.15, 0.2) is 0 Å². The van der Waals surface area contributed by atoms with Gasteiger partial charge in [-0.3, -0.25) is 0 Å². The third kappa shape index (κ3) is 9.29. The lowest BCUT2D eigenvalue weighted by atomic mass is 10.00. The molecule has 2 aromatic carbocycles. The smallest absolute Gasteiger partial charge is 0.125 e. The second-order valence-corrected chi connectivity index (χ2v) is 9.18. The summed E-state index contributed by atoms with van der Waals surface area (Å²) in [5.41, 5.74) is 1.77. The minimum Gasteiger partial charge on any atom is -0.388 e. The maximum Gasteiger partial charge on any atom is 0.125 e. The highest BCUT2D eigenvalue weighted by atomic mass is 79.9. The van der Waals surface area contributed by atoms with Gasteiger partial charge in [-0.2, -0.15) is 0 Å². The molecule has 0 aromatic heterocycles. The van der Waals surface area contributed by atoms with E-state index >= 15 is 0 Å². The van der Waals surface area contributed by atoms with E-state index in [-0.39, 0.29) is 6.10 Å². The average molecular weight is 488 g/mol. The lowest BCUT2D eigenvalue weighted by molar-refractivity contribution is 0.151. The van der Waals surface area contributed by atoms with Crippen molar-refractivity contribution in [3.8, 4) is 0 Å². The number of aliphatic hydroxyl groups excluding tert-OH is 1. The minimum absolute atomic E-state index is 0.326. The van der Waals surface area contributed by atoms with Gasteiger partial charge in [-0.1, -0.05) is 83.8 Å². The van der Waals surface area contributed by atoms with Crippen LogP contribution in [0, 0.1) is 11.8 Å². The lowest BCUT2D eigenvalue weighted by Crippen LogP contribution is -2.01. The van der Waals surface area contributed by atoms with Crippen LogP contribution in [0.4, 0.5) is 4.39 Å². The molecule has 2 aromatic rings. The monoisotopic (exact) mass is 486 g/mol. The molecule has 144 valence electrons. The van der Waals surface area contributed by atoms with E-state index in [4.69, 9.17) is 0 Å². The molecule has 0 aliphatic rings. The summed E-state index contributed by atoms with van der Waals surface area (Å²) < 4.78 is 15.5. The molecule has 2 rings (SSSR count). The highest BCUT2D eigenvalue weighted by Gasteiger charge is 2.11. The van der Waals surface area contributed by atoms with E-state index in [1.807, 2.05) is 62.4 Å². The van der Waals surface area contributed by atoms with Gasteiger partial charge in [0, 0.05) is 8.95 Å². The molecule has 0 aliphatic carbocycles. The first-order valence-electron chi connectivity index (χ1n) is 9.02. The van der Waals surface area contributed by atoms with Crippen LogP contribution < -0.4 is 0 Å². The molecule has 0 bridgehead atoms. The Kier molecular flexibility index (Phi) is 10.7. The predicted octanol–water partition coefficient (Wildman–Crippen LogP) is 8.03. The van der Waals surface area contributed by atoms with Crippen LogP contribution in [-0.2, 0) is 0 Å². The topological polar surface area (TPSA) is 20.2 Å². The third-order valence-corrected chi connectivity index (χ3v) is 4.92. The second kappa shape index (κ2) is 11.9. The lowest BCUT2D eigenvalue weighted by Gasteiger charge is -2.13. The Hall–Kier alpha value is -0.710. The van der Waals surface area contributed by atoms with Crippen LogP contribution in [0.15, 0.2) is 57.5 Å². The summed E-state index contributed by atoms with van der Waals surface area (Å²) in [7, 11) is 0. The first-order chi connectivity index (χ1) is 12.2. The summed E-state index contributed by atoms with van der Waals surface area (Å²) in [6.45, 7) is 8.29. The molecule has 0 fully saturated rings. The van der Waals surface area contributed by atoms with E-state index < -0.39 is 6.17 Å². The molecule has 1 nitrogen and oxygen atoms in total. The molecule has 2 atom stereocenters. The molecule has 0 radical (unpaired) electrons. The van der Waals surface area contributed by atoms with Crippen LogP contribution in [0.3, 0.4) is 0 Å². The number of aliphatic hydroxyl groups is 1. The number of rotatable bonds is 6. The predicted molar refractivity (Wildman–Crippen MR) is 116 cm³/mol. The van der Waals surface area contributed by atoms with Crippen LogP contribution >= 0.6 is 31.9 Å². The Morgan fingerprint density at radius 2 is 1.12 bits per heavy atom. The van der Waals surface area contributed by atoms with Crippen molar-refractivity contribution in [2.45, 2.75) is 52.8 Å². The molecule has 0 spiro atoms. The van der Waals surface area contributed by atoms with Crippen LogP contribution in [0.2, 0.25) is 0 Å². The molecule has 0 saturated carbocycles. The van der Waals surface area contributed by atoms with Crippen molar-refractivity contribution >= 4 is 31.9 Å². The fraction of sp³-hybridized carbons (Fsp3) is 0.455. The summed E-state index contributed by atoms with van der Waals surface area (Å²) in [6.07, 6.45) is 0.268. The van der Waals surface area contributed by atoms with Gasteiger partial charge in [-0.25, -0.2) is 4.39 Å². The molecule has 0 heterocycles. The van der Waals surface area contributed by atoms with Crippen molar-refractivity contribution in [2.24, 2.45) is 11.8 Å². The van der Waals surface area contributed by atoms with Crippen LogP contribution in [0.25, 0.3) is 0 Å². The quantitative estimate of drug-likeness (QED) is 0.437. The second-order valence-electron chi connectivity index (χ2n) is 7.35. The summed E-state index contributed by atoms with van der Waals surface area (Å²) in [4.78, 5) is 0. The highest BCUT2D eigenvalue weighted by Crippen LogP contribution is 2.26. The first kappa shape index (κ1) is 23.3. The van der Waals surface area contributed by atoms with E-state index in [0.29, 0.717) is 18.3 Å². The van der Waals surface area contributed by atoms with Gasteiger partial charge >= 0.3 is 0 Å². The molecule has 4 heteroatoms. The van der Waals surface area contributed by atoms with E-state index in [2.05, 4.69) is 45.7 Å². The summed E-state index contributed by atoms with van der Waals surface area (Å²) >= 11 is 6.69. The Balaban J connectivity index is 0.000000260. The zero-order chi connectivity index (χ0) is 19.7. The Morgan fingerprint density at radius 1 is 0.731 bits per heavy atom. The Bertz CT molecular complexity index is 566. The van der Waals surface area contributed by atoms with E-state index in [9.17, 15) is 9.50 Å². The van der Waals surface area contributed by atoms with Crippen LogP contribution in [0.1, 0.15) is 63.9 Å². The molecule has 0 saturated heterocycles. The molecule has 26 heavy (non-hydrogen) atoms. The Labute approximate surface area is 174 Å². The molecule has 2 unspecified atom stereocenters. The highest BCUT2D eigenvalue weighted by molar-refractivity contribution is 9.10. The third-order valence-electron chi connectivity index (χ3n) is 3.86. The van der Waals surface area contributed by atoms with Gasteiger partial charge in [0.1, 0.15) is 6.17 Å². The van der Waals surface area contributed by atoms with Gasteiger partial charge in [-0.15, -0.1) is 0 Å². The SMILES string of the molecule is CC(C)CC(F)c1ccc(Br)cc1.CC(C)CC(O)c1ccc(Br)cc1. The minimum atomic E-state index is -0.826. The number of hydrogen-bond donors (Lipinski definition) is 1. The van der Waals surface area contributed by atoms with Crippen molar-refractivity contribution in [2.75, 3.05) is 0 Å². The van der Waals surface area contributed by atoms with Gasteiger partial charge in [0.2, 0.25) is 0 Å². The Morgan fingerprint density at radius 3 is 1.50 bits per heavy atom. The average Bonchev–Trinajstić information content (AvgIpc) is 2.55. The van der Waals surface area contributed by atoms with Gasteiger partial charge in [0.25, 0.3) is 0 Å². The molecule has 0 amide bonds. The van der Waals surface area contributed by atoms with Crippen LogP contribution in [-0.4, -0.2) is 5.11 Å². The summed E-state index contributed by atoms with van der Waals surface area (Å²) in [5.74, 6) is 0.928. The fourth-order valence-electron chi connectivity index (χ4n) is 2.49. The fourth-order valence-corrected chi connectivity index (χ4v) is 3.02. The van der Waals surface area contributed by atoms with E-state index in [1.165, 1.54) is 0 Å². The van der Waals surface area contributed by atoms with Crippen molar-refractivity contribution in [3.63, 3.8) is 0 Å². The van der Waals surface area contributed by atoms with Gasteiger partial charge < -0.3 is 5.11 Å². The van der Waals surface area contributed by atoms with E-state index in [0.717, 1.165) is 26.5 Å². The first-order valence-corrected chi connectivity index (χ1v) is 10.6. The number of benzene rings is 2. The number of alkyl halides is 1. The van der Waals surface area contributed by atoms with Gasteiger partial charge in [-0.05, 0) is 60.1 Å². The van der Waals surface area contributed by atoms with Crippen molar-refractivity contribution in [3.05, 3.63) is 68.6 Å². The maximum absolute atomic E-state index is 13.5. The zero-order valence-corrected chi connectivity index (χ0v) is 19.1. The molecule has 1 N–H and O–H groups in total. The maximum atomic E-state index is 13.5.